The van der Waals surface area contributed by atoms with Crippen LogP contribution in [0.25, 0.3) is 11.2 Å². The fourth-order valence-corrected chi connectivity index (χ4v) is 4.95. The first-order valence-electron chi connectivity index (χ1n) is 14.4. The zero-order valence-corrected chi connectivity index (χ0v) is 24.8. The number of aromatic nitrogens is 3. The number of aliphatic hydroxyl groups is 5. The van der Waals surface area contributed by atoms with Crippen LogP contribution in [0.4, 0.5) is 10.5 Å². The zero-order valence-electron chi connectivity index (χ0n) is 24.8. The van der Waals surface area contributed by atoms with Gasteiger partial charge in [0.25, 0.3) is 0 Å². The molecule has 0 radical (unpaired) electrons. The van der Waals surface area contributed by atoms with Crippen molar-refractivity contribution in [2.75, 3.05) is 11.9 Å². The lowest BCUT2D eigenvalue weighted by Crippen LogP contribution is -2.50. The minimum atomic E-state index is -1.63. The highest BCUT2D eigenvalue weighted by Crippen LogP contribution is 2.29. The minimum absolute atomic E-state index is 0.0842. The first kappa shape index (κ1) is 34.4. The quantitative estimate of drug-likeness (QED) is 0.131. The van der Waals surface area contributed by atoms with E-state index in [1.165, 1.54) is 30.1 Å². The number of esters is 1. The molecule has 2 aliphatic rings. The number of fused-ring (bicyclic) bond motifs is 1. The first-order chi connectivity index (χ1) is 21.3. The summed E-state index contributed by atoms with van der Waals surface area (Å²) in [4.78, 5) is 45.6. The van der Waals surface area contributed by atoms with E-state index in [0.29, 0.717) is 0 Å². The van der Waals surface area contributed by atoms with Crippen molar-refractivity contribution in [3.63, 3.8) is 0 Å². The highest BCUT2D eigenvalue weighted by molar-refractivity contribution is 5.99. The number of carbonyl (C=O) groups excluding carboxylic acids is 2. The number of rotatable bonds is 11. The maximum Gasteiger partial charge on any atom is 0.330 e. The lowest BCUT2D eigenvalue weighted by Gasteiger charge is -2.36. The lowest BCUT2D eigenvalue weighted by molar-refractivity contribution is -0.273. The third-order valence-corrected chi connectivity index (χ3v) is 7.61. The summed E-state index contributed by atoms with van der Waals surface area (Å²) in [5.41, 5.74) is 0.441. The van der Waals surface area contributed by atoms with E-state index < -0.39 is 85.4 Å². The van der Waals surface area contributed by atoms with Gasteiger partial charge >= 0.3 is 18.0 Å². The molecule has 8 N–H and O–H groups in total. The molecule has 0 bridgehead atoms. The van der Waals surface area contributed by atoms with Crippen LogP contribution in [0.2, 0.25) is 0 Å². The Morgan fingerprint density at radius 3 is 2.53 bits per heavy atom. The van der Waals surface area contributed by atoms with E-state index in [1.54, 1.807) is 13.8 Å². The molecule has 4 heterocycles. The van der Waals surface area contributed by atoms with Crippen molar-refractivity contribution in [3.05, 3.63) is 18.6 Å². The molecule has 0 aliphatic carbocycles. The number of carboxylic acid groups (broad SMARTS) is 1. The number of amides is 2. The topological polar surface area (TPSA) is 264 Å². The number of imidazole rings is 1. The molecule has 2 fully saturated rings. The molecule has 2 saturated heterocycles. The highest BCUT2D eigenvalue weighted by atomic mass is 16.7. The predicted molar refractivity (Wildman–Crippen MR) is 150 cm³/mol. The number of pyridine rings is 1. The second-order valence-electron chi connectivity index (χ2n) is 11.1. The van der Waals surface area contributed by atoms with Crippen LogP contribution < -0.4 is 10.6 Å². The molecule has 18 heteroatoms. The summed E-state index contributed by atoms with van der Waals surface area (Å²) in [6.07, 6.45) is -7.89. The molecule has 0 saturated carbocycles. The largest absolute Gasteiger partial charge is 0.480 e. The smallest absolute Gasteiger partial charge is 0.330 e. The molecule has 2 aromatic heterocycles. The lowest BCUT2D eigenvalue weighted by atomic mass is 10.0. The number of carboxylic acids is 1. The predicted octanol–water partition coefficient (Wildman–Crippen LogP) is -1.41. The number of anilines is 1. The molecule has 18 nitrogen and oxygen atoms in total. The van der Waals surface area contributed by atoms with Crippen LogP contribution in [0, 0.1) is 0 Å². The molecule has 4 rings (SSSR count). The van der Waals surface area contributed by atoms with Gasteiger partial charge in [-0.15, -0.1) is 0 Å². The zero-order chi connectivity index (χ0) is 33.0. The number of nitrogens with one attached hydrogen (secondary N) is 2. The molecule has 2 aromatic rings. The number of hydrogen-bond donors (Lipinski definition) is 8. The van der Waals surface area contributed by atoms with Crippen LogP contribution in [0.1, 0.15) is 46.3 Å². The van der Waals surface area contributed by atoms with E-state index in [0.717, 1.165) is 0 Å². The third kappa shape index (κ3) is 8.22. The van der Waals surface area contributed by atoms with Crippen molar-refractivity contribution in [3.8, 4) is 0 Å². The summed E-state index contributed by atoms with van der Waals surface area (Å²) in [6, 6.07) is -1.18. The highest BCUT2D eigenvalue weighted by Gasteiger charge is 2.40. The Morgan fingerprint density at radius 1 is 1.09 bits per heavy atom. The van der Waals surface area contributed by atoms with E-state index >= 15 is 0 Å². The van der Waals surface area contributed by atoms with E-state index in [9.17, 15) is 45.0 Å². The van der Waals surface area contributed by atoms with E-state index in [-0.39, 0.29) is 42.7 Å². The van der Waals surface area contributed by atoms with Gasteiger partial charge < -0.3 is 60.2 Å². The van der Waals surface area contributed by atoms with E-state index in [1.807, 2.05) is 0 Å². The molecule has 0 spiro atoms. The van der Waals surface area contributed by atoms with Crippen LogP contribution in [0.3, 0.4) is 0 Å². The summed E-state index contributed by atoms with van der Waals surface area (Å²) in [7, 11) is 0. The van der Waals surface area contributed by atoms with Crippen LogP contribution in [0.15, 0.2) is 18.6 Å². The number of aliphatic carboxylic acids is 1. The normalized spacial score (nSPS) is 30.7. The SMILES string of the molecule is CC1O[C@@H](O[C@H](C)CCC(=O)O[C@H](C)[C@H](NC(=O)Nc2ccnc3c2ncn3[C@@H]2OC[C@@H](O)[C@H](O)C2O)C(=O)O)C(O)C[C@H]1O. The second-order valence-corrected chi connectivity index (χ2v) is 11.1. The van der Waals surface area contributed by atoms with Gasteiger partial charge in [0, 0.05) is 19.0 Å². The molecular weight excluding hydrogens is 602 g/mol. The maximum atomic E-state index is 12.8. The third-order valence-electron chi connectivity index (χ3n) is 7.61. The summed E-state index contributed by atoms with van der Waals surface area (Å²) in [6.45, 7) is 4.36. The van der Waals surface area contributed by atoms with E-state index in [2.05, 4.69) is 20.6 Å². The summed E-state index contributed by atoms with van der Waals surface area (Å²) in [5.74, 6) is -2.21. The molecule has 250 valence electrons. The first-order valence-corrected chi connectivity index (χ1v) is 14.4. The van der Waals surface area contributed by atoms with Gasteiger partial charge in [0.05, 0.1) is 36.9 Å². The number of hydrogen-bond acceptors (Lipinski definition) is 14. The molecule has 11 atom stereocenters. The molecule has 2 aliphatic heterocycles. The van der Waals surface area contributed by atoms with Crippen LogP contribution in [0.5, 0.6) is 0 Å². The van der Waals surface area contributed by atoms with Gasteiger partial charge in [-0.25, -0.2) is 19.6 Å². The van der Waals surface area contributed by atoms with Gasteiger partial charge in [-0.2, -0.15) is 0 Å². The summed E-state index contributed by atoms with van der Waals surface area (Å²) in [5, 5.41) is 64.4. The molecular formula is C27H39N5O13. The average Bonchev–Trinajstić information content (AvgIpc) is 3.41. The van der Waals surface area contributed by atoms with Crippen LogP contribution in [-0.2, 0) is 28.5 Å². The number of carbonyl (C=O) groups is 3. The standard InChI is InChI=1S/C27H39N5O13/c1-11(43-26-16(34)8-15(33)12(2)45-26)4-5-18(36)44-13(3)19(25(39)40)31-27(41)30-14-6-7-28-23-20(14)29-10-32(23)24-22(38)21(37)17(35)9-42-24/h6-7,10-13,15-17,19,21-22,24,26,33-35,37-38H,4-5,8-9H2,1-3H3,(H,39,40)(H2,28,30,31,41)/t11-,12?,13-,15-,16?,17-,19+,21+,22?,24-,26-/m1/s1. The fraction of sp³-hybridized carbons (Fsp3) is 0.667. The summed E-state index contributed by atoms with van der Waals surface area (Å²) >= 11 is 0. The van der Waals surface area contributed by atoms with Crippen molar-refractivity contribution in [1.29, 1.82) is 0 Å². The van der Waals surface area contributed by atoms with Gasteiger partial charge in [0.1, 0.15) is 36.0 Å². The molecule has 2 amide bonds. The van der Waals surface area contributed by atoms with Gasteiger partial charge in [0.15, 0.2) is 24.2 Å². The number of aliphatic hydroxyl groups excluding tert-OH is 5. The average molecular weight is 642 g/mol. The van der Waals surface area contributed by atoms with Gasteiger partial charge in [-0.3, -0.25) is 9.36 Å². The van der Waals surface area contributed by atoms with Crippen molar-refractivity contribution >= 4 is 34.8 Å². The van der Waals surface area contributed by atoms with Gasteiger partial charge in [-0.05, 0) is 33.3 Å². The molecule has 45 heavy (non-hydrogen) atoms. The Morgan fingerprint density at radius 2 is 1.82 bits per heavy atom. The Hall–Kier alpha value is -3.49. The summed E-state index contributed by atoms with van der Waals surface area (Å²) < 4.78 is 23.1. The number of urea groups is 1. The van der Waals surface area contributed by atoms with E-state index in [4.69, 9.17) is 18.9 Å². The van der Waals surface area contributed by atoms with Crippen LogP contribution in [-0.4, -0.2) is 131 Å². The van der Waals surface area contributed by atoms with Crippen molar-refractivity contribution in [2.45, 2.75) is 107 Å². The van der Waals surface area contributed by atoms with Gasteiger partial charge in [0.2, 0.25) is 0 Å². The number of ether oxygens (including phenoxy) is 4. The van der Waals surface area contributed by atoms with Gasteiger partial charge in [-0.1, -0.05) is 0 Å². The minimum Gasteiger partial charge on any atom is -0.480 e. The maximum absolute atomic E-state index is 12.8. The molecule has 0 aromatic carbocycles. The second kappa shape index (κ2) is 14.7. The fourth-order valence-electron chi connectivity index (χ4n) is 4.95. The Bertz CT molecular complexity index is 1340. The van der Waals surface area contributed by atoms with Crippen LogP contribution >= 0.6 is 0 Å². The van der Waals surface area contributed by atoms with Crippen molar-refractivity contribution in [1.82, 2.24) is 19.9 Å². The number of nitrogens with zero attached hydrogens (tertiary/aromatic N) is 3. The Kier molecular flexibility index (Phi) is 11.3. The molecule has 3 unspecified atom stereocenters. The monoisotopic (exact) mass is 641 g/mol. The van der Waals surface area contributed by atoms with Crippen molar-refractivity contribution < 1.29 is 64.0 Å². The Labute approximate surface area is 256 Å². The Balaban J connectivity index is 1.31. The van der Waals surface area contributed by atoms with Crippen molar-refractivity contribution in [2.24, 2.45) is 0 Å².